The summed E-state index contributed by atoms with van der Waals surface area (Å²) in [6.45, 7) is 1.75. The molecule has 1 aromatic rings. The average molecular weight is 221 g/mol. The molecular formula is C11H12FN3O. The van der Waals surface area contributed by atoms with Crippen molar-refractivity contribution in [3.63, 3.8) is 0 Å². The monoisotopic (exact) mass is 221 g/mol. The van der Waals surface area contributed by atoms with Gasteiger partial charge in [0.15, 0.2) is 0 Å². The number of oxime groups is 1. The van der Waals surface area contributed by atoms with Crippen LogP contribution in [0, 0.1) is 23.6 Å². The van der Waals surface area contributed by atoms with E-state index in [1.807, 2.05) is 0 Å². The Labute approximate surface area is 92.4 Å². The third-order valence-electron chi connectivity index (χ3n) is 3.53. The van der Waals surface area contributed by atoms with Crippen molar-refractivity contribution in [3.05, 3.63) is 24.1 Å². The molecule has 2 heterocycles. The van der Waals surface area contributed by atoms with Gasteiger partial charge in [0, 0.05) is 37.5 Å². The van der Waals surface area contributed by atoms with Gasteiger partial charge in [0.25, 0.3) is 0 Å². The van der Waals surface area contributed by atoms with Crippen LogP contribution < -0.4 is 4.90 Å². The topological polar surface area (TPSA) is 48.7 Å². The summed E-state index contributed by atoms with van der Waals surface area (Å²) < 4.78 is 13.0. The highest BCUT2D eigenvalue weighted by Crippen LogP contribution is 2.51. The molecule has 1 saturated carbocycles. The summed E-state index contributed by atoms with van der Waals surface area (Å²) in [5, 5.41) is 11.5. The highest BCUT2D eigenvalue weighted by Gasteiger charge is 2.55. The summed E-state index contributed by atoms with van der Waals surface area (Å²) >= 11 is 0. The lowest BCUT2D eigenvalue weighted by atomic mass is 10.3. The quantitative estimate of drug-likeness (QED) is 0.466. The molecule has 16 heavy (non-hydrogen) atoms. The van der Waals surface area contributed by atoms with Gasteiger partial charge in [-0.15, -0.1) is 5.16 Å². The molecule has 0 unspecified atom stereocenters. The van der Waals surface area contributed by atoms with Crippen LogP contribution >= 0.6 is 0 Å². The van der Waals surface area contributed by atoms with Crippen LogP contribution in [0.15, 0.2) is 23.5 Å². The largest absolute Gasteiger partial charge is 0.411 e. The van der Waals surface area contributed by atoms with Crippen LogP contribution in [0.1, 0.15) is 0 Å². The number of hydrogen-bond donors (Lipinski definition) is 1. The van der Waals surface area contributed by atoms with E-state index in [9.17, 15) is 4.39 Å². The van der Waals surface area contributed by atoms with Gasteiger partial charge in [0.2, 0.25) is 0 Å². The zero-order valence-corrected chi connectivity index (χ0v) is 8.62. The SMILES string of the molecule is O/N=C/[C@@H]1[C@H]2CN(c3cc(F)ccn3)C[C@@H]12. The molecule has 1 N–H and O–H groups in total. The number of aromatic nitrogens is 1. The third-order valence-corrected chi connectivity index (χ3v) is 3.53. The van der Waals surface area contributed by atoms with Crippen molar-refractivity contribution >= 4 is 12.0 Å². The molecule has 1 aliphatic carbocycles. The van der Waals surface area contributed by atoms with Gasteiger partial charge in [-0.3, -0.25) is 0 Å². The summed E-state index contributed by atoms with van der Waals surface area (Å²) in [4.78, 5) is 6.23. The van der Waals surface area contributed by atoms with Crippen LogP contribution in [-0.4, -0.2) is 29.5 Å². The minimum absolute atomic E-state index is 0.251. The molecule has 0 radical (unpaired) electrons. The number of piperidine rings is 1. The first-order valence-corrected chi connectivity index (χ1v) is 5.33. The molecule has 0 amide bonds. The van der Waals surface area contributed by atoms with Gasteiger partial charge >= 0.3 is 0 Å². The summed E-state index contributed by atoms with van der Waals surface area (Å²) in [5.41, 5.74) is 0. The second-order valence-corrected chi connectivity index (χ2v) is 4.41. The lowest BCUT2D eigenvalue weighted by molar-refractivity contribution is 0.319. The lowest BCUT2D eigenvalue weighted by Gasteiger charge is -2.19. The molecule has 0 spiro atoms. The van der Waals surface area contributed by atoms with Gasteiger partial charge in [0.1, 0.15) is 11.6 Å². The standard InChI is InChI=1S/C11H12FN3O/c12-7-1-2-13-11(3-7)15-5-9-8(4-14-16)10(9)6-15/h1-4,8-10,16H,5-6H2/b14-4+/t8-,9-,10+. The molecule has 84 valence electrons. The molecule has 1 saturated heterocycles. The minimum atomic E-state index is -0.251. The van der Waals surface area contributed by atoms with Gasteiger partial charge in [-0.2, -0.15) is 0 Å². The van der Waals surface area contributed by atoms with Crippen LogP contribution in [0.4, 0.5) is 10.2 Å². The van der Waals surface area contributed by atoms with Crippen molar-refractivity contribution in [2.45, 2.75) is 0 Å². The summed E-state index contributed by atoms with van der Waals surface area (Å²) in [6.07, 6.45) is 3.09. The predicted octanol–water partition coefficient (Wildman–Crippen LogP) is 1.36. The van der Waals surface area contributed by atoms with E-state index in [-0.39, 0.29) is 5.82 Å². The zero-order chi connectivity index (χ0) is 11.1. The first-order chi connectivity index (χ1) is 7.79. The van der Waals surface area contributed by atoms with E-state index in [0.717, 1.165) is 13.1 Å². The Morgan fingerprint density at radius 3 is 2.88 bits per heavy atom. The predicted molar refractivity (Wildman–Crippen MR) is 57.2 cm³/mol. The molecule has 2 aliphatic rings. The molecular weight excluding hydrogens is 209 g/mol. The maximum atomic E-state index is 13.0. The van der Waals surface area contributed by atoms with Crippen molar-refractivity contribution in [2.24, 2.45) is 22.9 Å². The van der Waals surface area contributed by atoms with Crippen LogP contribution in [-0.2, 0) is 0 Å². The highest BCUT2D eigenvalue weighted by molar-refractivity contribution is 5.67. The fourth-order valence-corrected chi connectivity index (χ4v) is 2.62. The van der Waals surface area contributed by atoms with Gasteiger partial charge in [-0.05, 0) is 17.9 Å². The fraction of sp³-hybridized carbons (Fsp3) is 0.455. The molecule has 4 nitrogen and oxygen atoms in total. The zero-order valence-electron chi connectivity index (χ0n) is 8.62. The second-order valence-electron chi connectivity index (χ2n) is 4.41. The summed E-state index contributed by atoms with van der Waals surface area (Å²) in [5.74, 6) is 1.93. The molecule has 2 fully saturated rings. The van der Waals surface area contributed by atoms with Crippen molar-refractivity contribution in [3.8, 4) is 0 Å². The van der Waals surface area contributed by atoms with E-state index in [0.29, 0.717) is 23.6 Å². The molecule has 5 heteroatoms. The summed E-state index contributed by atoms with van der Waals surface area (Å²) in [7, 11) is 0. The smallest absolute Gasteiger partial charge is 0.131 e. The Bertz CT molecular complexity index is 425. The van der Waals surface area contributed by atoms with E-state index < -0.39 is 0 Å². The normalized spacial score (nSPS) is 32.1. The molecule has 3 rings (SSSR count). The van der Waals surface area contributed by atoms with E-state index in [4.69, 9.17) is 5.21 Å². The Morgan fingerprint density at radius 1 is 1.50 bits per heavy atom. The Morgan fingerprint density at radius 2 is 2.25 bits per heavy atom. The number of fused-ring (bicyclic) bond motifs is 1. The first kappa shape index (κ1) is 9.57. The Kier molecular flexibility index (Phi) is 2.05. The van der Waals surface area contributed by atoms with Crippen molar-refractivity contribution < 1.29 is 9.60 Å². The van der Waals surface area contributed by atoms with Crippen LogP contribution in [0.25, 0.3) is 0 Å². The van der Waals surface area contributed by atoms with E-state index in [1.54, 1.807) is 6.21 Å². The molecule has 1 aliphatic heterocycles. The maximum absolute atomic E-state index is 13.0. The van der Waals surface area contributed by atoms with Gasteiger partial charge < -0.3 is 10.1 Å². The van der Waals surface area contributed by atoms with E-state index in [1.165, 1.54) is 18.3 Å². The molecule has 0 bridgehead atoms. The van der Waals surface area contributed by atoms with Crippen molar-refractivity contribution in [2.75, 3.05) is 18.0 Å². The van der Waals surface area contributed by atoms with E-state index >= 15 is 0 Å². The van der Waals surface area contributed by atoms with Crippen LogP contribution in [0.3, 0.4) is 0 Å². The Balaban J connectivity index is 1.69. The van der Waals surface area contributed by atoms with Crippen molar-refractivity contribution in [1.82, 2.24) is 4.98 Å². The van der Waals surface area contributed by atoms with Crippen LogP contribution in [0.2, 0.25) is 0 Å². The van der Waals surface area contributed by atoms with Gasteiger partial charge in [-0.25, -0.2) is 9.37 Å². The number of pyridine rings is 1. The Hall–Kier alpha value is -1.65. The fourth-order valence-electron chi connectivity index (χ4n) is 2.62. The van der Waals surface area contributed by atoms with Gasteiger partial charge in [-0.1, -0.05) is 0 Å². The average Bonchev–Trinajstić information content (AvgIpc) is 2.75. The number of hydrogen-bond acceptors (Lipinski definition) is 4. The molecule has 1 aromatic heterocycles. The summed E-state index contributed by atoms with van der Waals surface area (Å²) in [6, 6.07) is 2.81. The second kappa shape index (κ2) is 3.43. The van der Waals surface area contributed by atoms with Gasteiger partial charge in [0.05, 0.1) is 0 Å². The number of nitrogens with zero attached hydrogens (tertiary/aromatic N) is 3. The van der Waals surface area contributed by atoms with Crippen LogP contribution in [0.5, 0.6) is 0 Å². The first-order valence-electron chi connectivity index (χ1n) is 5.33. The maximum Gasteiger partial charge on any atom is 0.131 e. The lowest BCUT2D eigenvalue weighted by Crippen LogP contribution is -2.25. The van der Waals surface area contributed by atoms with Crippen molar-refractivity contribution in [1.29, 1.82) is 0 Å². The number of anilines is 1. The minimum Gasteiger partial charge on any atom is -0.411 e. The molecule has 3 atom stereocenters. The third kappa shape index (κ3) is 1.43. The van der Waals surface area contributed by atoms with E-state index in [2.05, 4.69) is 15.0 Å². The molecule has 0 aromatic carbocycles. The highest BCUT2D eigenvalue weighted by atomic mass is 19.1. The number of halogens is 1. The number of rotatable bonds is 2.